The number of ether oxygens (including phenoxy) is 1. The first kappa shape index (κ1) is 13.9. The Morgan fingerprint density at radius 1 is 1.07 bits per heavy atom. The molecule has 0 spiro atoms. The first-order valence-corrected chi connectivity index (χ1v) is 5.49. The fraction of sp³-hybridized carbons (Fsp3) is 1.00. The molecule has 0 aliphatic heterocycles. The van der Waals surface area contributed by atoms with Gasteiger partial charge in [-0.25, -0.2) is 0 Å². The lowest BCUT2D eigenvalue weighted by Gasteiger charge is -2.25. The Hall–Kier alpha value is -0.0800. The molecule has 2 nitrogen and oxygen atoms in total. The first-order valence-electron chi connectivity index (χ1n) is 5.49. The minimum Gasteiger partial charge on any atom is -0.381 e. The predicted octanol–water partition coefficient (Wildman–Crippen LogP) is 2.68. The van der Waals surface area contributed by atoms with Crippen molar-refractivity contribution in [3.63, 3.8) is 0 Å². The van der Waals surface area contributed by atoms with E-state index in [1.807, 2.05) is 7.05 Å². The van der Waals surface area contributed by atoms with Crippen LogP contribution in [0.1, 0.15) is 41.0 Å². The Morgan fingerprint density at radius 3 is 2.07 bits per heavy atom. The molecule has 0 bridgehead atoms. The van der Waals surface area contributed by atoms with Gasteiger partial charge in [-0.05, 0) is 18.9 Å². The first-order chi connectivity index (χ1) is 6.27. The molecular formula is C12H27NO. The zero-order chi connectivity index (χ0) is 11.2. The van der Waals surface area contributed by atoms with Crippen LogP contribution in [-0.4, -0.2) is 26.8 Å². The van der Waals surface area contributed by atoms with Crippen LogP contribution in [0.25, 0.3) is 0 Å². The molecule has 0 atom stereocenters. The highest BCUT2D eigenvalue weighted by Gasteiger charge is 2.17. The van der Waals surface area contributed by atoms with Crippen molar-refractivity contribution in [3.05, 3.63) is 0 Å². The number of hydrogen-bond acceptors (Lipinski definition) is 2. The fourth-order valence-corrected chi connectivity index (χ4v) is 1.26. The van der Waals surface area contributed by atoms with Crippen LogP contribution in [0.15, 0.2) is 0 Å². The summed E-state index contributed by atoms with van der Waals surface area (Å²) in [6.07, 6.45) is 1.13. The van der Waals surface area contributed by atoms with E-state index in [4.69, 9.17) is 4.74 Å². The van der Waals surface area contributed by atoms with Gasteiger partial charge in [-0.1, -0.05) is 34.6 Å². The van der Waals surface area contributed by atoms with Crippen LogP contribution in [0.2, 0.25) is 0 Å². The third kappa shape index (κ3) is 8.52. The summed E-state index contributed by atoms with van der Waals surface area (Å²) in [6, 6.07) is 0. The Labute approximate surface area is 89.4 Å². The molecular weight excluding hydrogens is 174 g/mol. The molecule has 2 heteroatoms. The predicted molar refractivity (Wildman–Crippen MR) is 62.6 cm³/mol. The van der Waals surface area contributed by atoms with Gasteiger partial charge in [-0.2, -0.15) is 0 Å². The molecule has 0 saturated heterocycles. The van der Waals surface area contributed by atoms with E-state index in [-0.39, 0.29) is 5.41 Å². The Morgan fingerprint density at radius 2 is 1.64 bits per heavy atom. The van der Waals surface area contributed by atoms with Crippen LogP contribution in [0, 0.1) is 10.8 Å². The zero-order valence-electron chi connectivity index (χ0n) is 10.7. The molecule has 0 heterocycles. The summed E-state index contributed by atoms with van der Waals surface area (Å²) in [6.45, 7) is 13.9. The minimum atomic E-state index is 0.243. The van der Waals surface area contributed by atoms with Gasteiger partial charge in [0.2, 0.25) is 0 Å². The average Bonchev–Trinajstić information content (AvgIpc) is 1.96. The second-order valence-electron chi connectivity index (χ2n) is 6.06. The third-order valence-electron chi connectivity index (χ3n) is 2.14. The van der Waals surface area contributed by atoms with E-state index in [1.54, 1.807) is 0 Å². The van der Waals surface area contributed by atoms with Gasteiger partial charge in [0, 0.05) is 18.6 Å². The van der Waals surface area contributed by atoms with Gasteiger partial charge in [0.1, 0.15) is 0 Å². The highest BCUT2D eigenvalue weighted by atomic mass is 16.5. The van der Waals surface area contributed by atoms with E-state index >= 15 is 0 Å². The van der Waals surface area contributed by atoms with Crippen molar-refractivity contribution in [3.8, 4) is 0 Å². The molecule has 0 aromatic carbocycles. The van der Waals surface area contributed by atoms with Gasteiger partial charge >= 0.3 is 0 Å². The summed E-state index contributed by atoms with van der Waals surface area (Å²) in [5, 5.41) is 3.19. The third-order valence-corrected chi connectivity index (χ3v) is 2.14. The van der Waals surface area contributed by atoms with E-state index in [0.717, 1.165) is 26.2 Å². The lowest BCUT2D eigenvalue weighted by molar-refractivity contribution is 0.0486. The molecule has 0 aliphatic rings. The lowest BCUT2D eigenvalue weighted by Crippen LogP contribution is -2.31. The molecule has 0 rings (SSSR count). The summed E-state index contributed by atoms with van der Waals surface area (Å²) >= 11 is 0. The van der Waals surface area contributed by atoms with Crippen molar-refractivity contribution in [1.82, 2.24) is 5.32 Å². The molecule has 0 amide bonds. The molecule has 1 N–H and O–H groups in total. The van der Waals surface area contributed by atoms with E-state index in [9.17, 15) is 0 Å². The second kappa shape index (κ2) is 5.72. The highest BCUT2D eigenvalue weighted by molar-refractivity contribution is 4.70. The van der Waals surface area contributed by atoms with Crippen molar-refractivity contribution >= 4 is 0 Å². The van der Waals surface area contributed by atoms with Crippen molar-refractivity contribution < 1.29 is 4.74 Å². The van der Waals surface area contributed by atoms with Crippen molar-refractivity contribution in [2.45, 2.75) is 41.0 Å². The summed E-state index contributed by atoms with van der Waals surface area (Å²) in [4.78, 5) is 0. The molecule has 14 heavy (non-hydrogen) atoms. The maximum Gasteiger partial charge on any atom is 0.0529 e. The topological polar surface area (TPSA) is 21.3 Å². The van der Waals surface area contributed by atoms with Gasteiger partial charge in [0.25, 0.3) is 0 Å². The number of hydrogen-bond donors (Lipinski definition) is 1. The van der Waals surface area contributed by atoms with Crippen LogP contribution in [0.3, 0.4) is 0 Å². The minimum absolute atomic E-state index is 0.243. The summed E-state index contributed by atoms with van der Waals surface area (Å²) in [5.41, 5.74) is 0.625. The number of nitrogens with one attached hydrogen (secondary N) is 1. The highest BCUT2D eigenvalue weighted by Crippen LogP contribution is 2.19. The number of rotatable bonds is 6. The lowest BCUT2D eigenvalue weighted by atomic mass is 9.92. The van der Waals surface area contributed by atoms with Crippen molar-refractivity contribution in [2.75, 3.05) is 26.8 Å². The van der Waals surface area contributed by atoms with Gasteiger partial charge in [0.15, 0.2) is 0 Å². The van der Waals surface area contributed by atoms with Gasteiger partial charge < -0.3 is 10.1 Å². The van der Waals surface area contributed by atoms with Crippen molar-refractivity contribution in [2.24, 2.45) is 10.8 Å². The van der Waals surface area contributed by atoms with Crippen molar-refractivity contribution in [1.29, 1.82) is 0 Å². The normalized spacial score (nSPS) is 13.3. The second-order valence-corrected chi connectivity index (χ2v) is 6.06. The standard InChI is InChI=1S/C12H27NO/c1-11(2,3)7-8-14-10-12(4,5)9-13-6/h13H,7-10H2,1-6H3. The van der Waals surface area contributed by atoms with E-state index in [2.05, 4.69) is 39.9 Å². The zero-order valence-corrected chi connectivity index (χ0v) is 10.7. The Balaban J connectivity index is 3.54. The van der Waals surface area contributed by atoms with Crippen LogP contribution in [0.4, 0.5) is 0 Å². The molecule has 0 aromatic rings. The molecule has 0 aliphatic carbocycles. The summed E-state index contributed by atoms with van der Waals surface area (Å²) in [7, 11) is 1.98. The SMILES string of the molecule is CNCC(C)(C)COCCC(C)(C)C. The summed E-state index contributed by atoms with van der Waals surface area (Å²) < 4.78 is 5.69. The maximum absolute atomic E-state index is 5.69. The molecule has 86 valence electrons. The largest absolute Gasteiger partial charge is 0.381 e. The van der Waals surface area contributed by atoms with Crippen LogP contribution < -0.4 is 5.32 Å². The molecule has 0 radical (unpaired) electrons. The quantitative estimate of drug-likeness (QED) is 0.667. The van der Waals surface area contributed by atoms with E-state index < -0.39 is 0 Å². The van der Waals surface area contributed by atoms with E-state index in [1.165, 1.54) is 0 Å². The smallest absolute Gasteiger partial charge is 0.0529 e. The van der Waals surface area contributed by atoms with Gasteiger partial charge in [0.05, 0.1) is 6.61 Å². The van der Waals surface area contributed by atoms with E-state index in [0.29, 0.717) is 5.41 Å². The van der Waals surface area contributed by atoms with Crippen LogP contribution >= 0.6 is 0 Å². The maximum atomic E-state index is 5.69. The molecule has 0 aromatic heterocycles. The van der Waals surface area contributed by atoms with Crippen LogP contribution in [-0.2, 0) is 4.74 Å². The molecule has 0 fully saturated rings. The molecule has 0 saturated carbocycles. The monoisotopic (exact) mass is 201 g/mol. The van der Waals surface area contributed by atoms with Crippen LogP contribution in [0.5, 0.6) is 0 Å². The molecule has 0 unspecified atom stereocenters. The van der Waals surface area contributed by atoms with Gasteiger partial charge in [-0.15, -0.1) is 0 Å². The van der Waals surface area contributed by atoms with Gasteiger partial charge in [-0.3, -0.25) is 0 Å². The fourth-order valence-electron chi connectivity index (χ4n) is 1.26. The Kier molecular flexibility index (Phi) is 5.68. The Bertz CT molecular complexity index is 147. The summed E-state index contributed by atoms with van der Waals surface area (Å²) in [5.74, 6) is 0. The average molecular weight is 201 g/mol.